The zero-order chi connectivity index (χ0) is 15.5. The van der Waals surface area contributed by atoms with Crippen molar-refractivity contribution in [2.24, 2.45) is 0 Å². The van der Waals surface area contributed by atoms with Crippen molar-refractivity contribution in [3.63, 3.8) is 0 Å². The molecule has 1 aromatic rings. The molecule has 6 heteroatoms. The number of nitrogens with zero attached hydrogens (tertiary/aromatic N) is 1. The van der Waals surface area contributed by atoms with Gasteiger partial charge in [0.15, 0.2) is 0 Å². The first kappa shape index (κ1) is 15.8. The number of ether oxygens (including phenoxy) is 1. The molecule has 1 atom stereocenters. The van der Waals surface area contributed by atoms with Gasteiger partial charge in [0.2, 0.25) is 5.91 Å². The van der Waals surface area contributed by atoms with E-state index < -0.39 is 11.7 Å². The second kappa shape index (κ2) is 6.47. The lowest BCUT2D eigenvalue weighted by atomic mass is 9.96. The molecule has 0 N–H and O–H groups in total. The van der Waals surface area contributed by atoms with Crippen LogP contribution in [0.25, 0.3) is 0 Å². The maximum absolute atomic E-state index is 12.7. The summed E-state index contributed by atoms with van der Waals surface area (Å²) < 4.78 is 43.2. The van der Waals surface area contributed by atoms with Crippen molar-refractivity contribution in [1.29, 1.82) is 0 Å². The van der Waals surface area contributed by atoms with Crippen molar-refractivity contribution >= 4 is 5.91 Å². The molecule has 0 bridgehead atoms. The van der Waals surface area contributed by atoms with E-state index in [1.165, 1.54) is 12.1 Å². The van der Waals surface area contributed by atoms with Crippen LogP contribution in [0.3, 0.4) is 0 Å². The van der Waals surface area contributed by atoms with Crippen molar-refractivity contribution in [1.82, 2.24) is 4.90 Å². The molecule has 0 radical (unpaired) electrons. The number of rotatable bonds is 4. The molecule has 1 amide bonds. The number of amides is 1. The number of benzene rings is 1. The Bertz CT molecular complexity index is 502. The van der Waals surface area contributed by atoms with Crippen molar-refractivity contribution < 1.29 is 22.7 Å². The van der Waals surface area contributed by atoms with Gasteiger partial charge in [-0.2, -0.15) is 13.2 Å². The van der Waals surface area contributed by atoms with Crippen LogP contribution in [0.2, 0.25) is 0 Å². The molecule has 0 spiro atoms. The van der Waals surface area contributed by atoms with Crippen LogP contribution in [-0.2, 0) is 15.7 Å². The van der Waals surface area contributed by atoms with Gasteiger partial charge in [0.25, 0.3) is 0 Å². The molecule has 1 aliphatic heterocycles. The molecule has 116 valence electrons. The predicted octanol–water partition coefficient (Wildman–Crippen LogP) is 3.06. The highest BCUT2D eigenvalue weighted by Gasteiger charge is 2.32. The number of carbonyl (C=O) groups excluding carboxylic acids is 1. The summed E-state index contributed by atoms with van der Waals surface area (Å²) in [7, 11) is 0. The van der Waals surface area contributed by atoms with Gasteiger partial charge in [-0.1, -0.05) is 18.2 Å². The average Bonchev–Trinajstić information content (AvgIpc) is 2.94. The summed E-state index contributed by atoms with van der Waals surface area (Å²) in [4.78, 5) is 13.5. The highest BCUT2D eigenvalue weighted by atomic mass is 19.4. The van der Waals surface area contributed by atoms with Crippen molar-refractivity contribution in [2.45, 2.75) is 25.4 Å². The Morgan fingerprint density at radius 2 is 2.19 bits per heavy atom. The molecule has 3 nitrogen and oxygen atoms in total. The standard InChI is InChI=1S/C15H18F3NO2/c1-2-21-10-14(20)19-7-6-12(9-19)11-4-3-5-13(8-11)15(16,17)18/h3-5,8,12H,2,6-7,9-10H2,1H3/t12-/m0/s1. The third-order valence-corrected chi connectivity index (χ3v) is 3.66. The molecule has 1 aliphatic rings. The fourth-order valence-corrected chi connectivity index (χ4v) is 2.51. The molecule has 0 aromatic heterocycles. The van der Waals surface area contributed by atoms with Gasteiger partial charge >= 0.3 is 6.18 Å². The number of alkyl halides is 3. The lowest BCUT2D eigenvalue weighted by molar-refractivity contribution is -0.137. The monoisotopic (exact) mass is 301 g/mol. The highest BCUT2D eigenvalue weighted by Crippen LogP contribution is 2.33. The molecule has 1 saturated heterocycles. The predicted molar refractivity (Wildman–Crippen MR) is 71.9 cm³/mol. The molecule has 1 aromatic carbocycles. The van der Waals surface area contributed by atoms with Crippen molar-refractivity contribution in [2.75, 3.05) is 26.3 Å². The summed E-state index contributed by atoms with van der Waals surface area (Å²) >= 11 is 0. The lowest BCUT2D eigenvalue weighted by Crippen LogP contribution is -2.31. The van der Waals surface area contributed by atoms with E-state index in [9.17, 15) is 18.0 Å². The summed E-state index contributed by atoms with van der Waals surface area (Å²) in [5.41, 5.74) is -0.00405. The quantitative estimate of drug-likeness (QED) is 0.855. The van der Waals surface area contributed by atoms with E-state index in [0.29, 0.717) is 31.7 Å². The third-order valence-electron chi connectivity index (χ3n) is 3.66. The largest absolute Gasteiger partial charge is 0.416 e. The lowest BCUT2D eigenvalue weighted by Gasteiger charge is -2.17. The van der Waals surface area contributed by atoms with Crippen molar-refractivity contribution in [3.8, 4) is 0 Å². The van der Waals surface area contributed by atoms with Crippen LogP contribution < -0.4 is 0 Å². The van der Waals surface area contributed by atoms with Crippen LogP contribution in [0.5, 0.6) is 0 Å². The summed E-state index contributed by atoms with van der Waals surface area (Å²) in [5, 5.41) is 0. The summed E-state index contributed by atoms with van der Waals surface area (Å²) in [6, 6.07) is 5.36. The topological polar surface area (TPSA) is 29.5 Å². The van der Waals surface area contributed by atoms with Crippen LogP contribution in [-0.4, -0.2) is 37.1 Å². The number of likely N-dealkylation sites (tertiary alicyclic amines) is 1. The second-order valence-corrected chi connectivity index (χ2v) is 5.09. The highest BCUT2D eigenvalue weighted by molar-refractivity contribution is 5.77. The van der Waals surface area contributed by atoms with E-state index in [-0.39, 0.29) is 18.4 Å². The minimum Gasteiger partial charge on any atom is -0.372 e. The van der Waals surface area contributed by atoms with E-state index in [2.05, 4.69) is 0 Å². The van der Waals surface area contributed by atoms with Crippen LogP contribution in [0.1, 0.15) is 30.4 Å². The van der Waals surface area contributed by atoms with Gasteiger partial charge in [-0.05, 0) is 25.0 Å². The number of hydrogen-bond acceptors (Lipinski definition) is 2. The molecule has 21 heavy (non-hydrogen) atoms. The molecular weight excluding hydrogens is 283 g/mol. The third kappa shape index (κ3) is 3.97. The van der Waals surface area contributed by atoms with Gasteiger partial charge in [-0.3, -0.25) is 4.79 Å². The molecule has 0 saturated carbocycles. The Hall–Kier alpha value is -1.56. The van der Waals surface area contributed by atoms with Crippen molar-refractivity contribution in [3.05, 3.63) is 35.4 Å². The Labute approximate surface area is 121 Å². The Kier molecular flexibility index (Phi) is 4.88. The zero-order valence-electron chi connectivity index (χ0n) is 11.8. The smallest absolute Gasteiger partial charge is 0.372 e. The van der Waals surface area contributed by atoms with Gasteiger partial charge in [0, 0.05) is 25.6 Å². The minimum absolute atomic E-state index is 0.0335. The SMILES string of the molecule is CCOCC(=O)N1CC[C@H](c2cccc(C(F)(F)F)c2)C1. The van der Waals surface area contributed by atoms with Gasteiger partial charge in [-0.25, -0.2) is 0 Å². The van der Waals surface area contributed by atoms with E-state index in [1.807, 2.05) is 6.92 Å². The van der Waals surface area contributed by atoms with Crippen LogP contribution >= 0.6 is 0 Å². The normalized spacial score (nSPS) is 19.0. The second-order valence-electron chi connectivity index (χ2n) is 5.09. The Morgan fingerprint density at radius 3 is 2.86 bits per heavy atom. The Balaban J connectivity index is 2.03. The Morgan fingerprint density at radius 1 is 1.43 bits per heavy atom. The molecule has 0 unspecified atom stereocenters. The van der Waals surface area contributed by atoms with Gasteiger partial charge in [-0.15, -0.1) is 0 Å². The summed E-state index contributed by atoms with van der Waals surface area (Å²) in [6.07, 6.45) is -3.65. The van der Waals surface area contributed by atoms with Crippen LogP contribution in [0, 0.1) is 0 Å². The van der Waals surface area contributed by atoms with Gasteiger partial charge < -0.3 is 9.64 Å². The van der Waals surface area contributed by atoms with Gasteiger partial charge in [0.1, 0.15) is 6.61 Å². The first-order chi connectivity index (χ1) is 9.91. The average molecular weight is 301 g/mol. The number of hydrogen-bond donors (Lipinski definition) is 0. The molecule has 0 aliphatic carbocycles. The first-order valence-electron chi connectivity index (χ1n) is 6.94. The van der Waals surface area contributed by atoms with Crippen LogP contribution in [0.4, 0.5) is 13.2 Å². The minimum atomic E-state index is -4.33. The summed E-state index contributed by atoms with van der Waals surface area (Å²) in [6.45, 7) is 3.32. The maximum atomic E-state index is 12.7. The van der Waals surface area contributed by atoms with E-state index in [1.54, 1.807) is 11.0 Å². The van der Waals surface area contributed by atoms with E-state index >= 15 is 0 Å². The maximum Gasteiger partial charge on any atom is 0.416 e. The van der Waals surface area contributed by atoms with Gasteiger partial charge in [0.05, 0.1) is 5.56 Å². The fourth-order valence-electron chi connectivity index (χ4n) is 2.51. The molecule has 1 heterocycles. The number of carbonyl (C=O) groups is 1. The zero-order valence-corrected chi connectivity index (χ0v) is 11.8. The molecule has 2 rings (SSSR count). The van der Waals surface area contributed by atoms with E-state index in [4.69, 9.17) is 4.74 Å². The van der Waals surface area contributed by atoms with Crippen LogP contribution in [0.15, 0.2) is 24.3 Å². The summed E-state index contributed by atoms with van der Waals surface area (Å²) in [5.74, 6) is -0.149. The first-order valence-corrected chi connectivity index (χ1v) is 6.94. The van der Waals surface area contributed by atoms with E-state index in [0.717, 1.165) is 6.07 Å². The molecule has 1 fully saturated rings. The fraction of sp³-hybridized carbons (Fsp3) is 0.533. The number of halogens is 3. The molecular formula is C15H18F3NO2.